The van der Waals surface area contributed by atoms with Gasteiger partial charge < -0.3 is 14.6 Å². The maximum absolute atomic E-state index is 11.7. The van der Waals surface area contributed by atoms with Gasteiger partial charge in [-0.3, -0.25) is 9.59 Å². The van der Waals surface area contributed by atoms with Crippen LogP contribution in [0.4, 0.5) is 5.69 Å². The molecule has 1 heterocycles. The lowest BCUT2D eigenvalue weighted by molar-refractivity contribution is -0.147. The molecule has 0 spiro atoms. The van der Waals surface area contributed by atoms with Crippen LogP contribution in [0.15, 0.2) is 33.3 Å². The van der Waals surface area contributed by atoms with Crippen LogP contribution in [0.3, 0.4) is 0 Å². The monoisotopic (exact) mass is 380 g/mol. The SMILES string of the molecule is Cc1noc(C)c1CCC(=O)OCC(=O)Nc1cccc(Br)c1. The first-order chi connectivity index (χ1) is 11.0. The van der Waals surface area contributed by atoms with Gasteiger partial charge in [-0.05, 0) is 38.5 Å². The standard InChI is InChI=1S/C16H17BrN2O4/c1-10-14(11(2)23-19-10)6-7-16(21)22-9-15(20)18-13-5-3-4-12(17)8-13/h3-5,8H,6-7,9H2,1-2H3,(H,18,20). The molecule has 2 aromatic rings. The molecule has 7 heteroatoms. The maximum atomic E-state index is 11.7. The largest absolute Gasteiger partial charge is 0.456 e. The summed E-state index contributed by atoms with van der Waals surface area (Å²) in [6.45, 7) is 3.31. The van der Waals surface area contributed by atoms with Gasteiger partial charge in [0, 0.05) is 22.1 Å². The summed E-state index contributed by atoms with van der Waals surface area (Å²) in [4.78, 5) is 23.5. The minimum atomic E-state index is -0.436. The molecule has 23 heavy (non-hydrogen) atoms. The van der Waals surface area contributed by atoms with Crippen LogP contribution in [-0.2, 0) is 20.7 Å². The van der Waals surface area contributed by atoms with Crippen molar-refractivity contribution in [3.63, 3.8) is 0 Å². The molecule has 6 nitrogen and oxygen atoms in total. The molecule has 0 aliphatic carbocycles. The van der Waals surface area contributed by atoms with E-state index in [2.05, 4.69) is 26.4 Å². The summed E-state index contributed by atoms with van der Waals surface area (Å²) in [6, 6.07) is 7.17. The predicted molar refractivity (Wildman–Crippen MR) is 88.0 cm³/mol. The zero-order valence-electron chi connectivity index (χ0n) is 12.9. The molecule has 0 saturated carbocycles. The molecule has 0 fully saturated rings. The number of nitrogens with one attached hydrogen (secondary N) is 1. The van der Waals surface area contributed by atoms with Gasteiger partial charge in [-0.15, -0.1) is 0 Å². The molecule has 122 valence electrons. The Hall–Kier alpha value is -2.15. The van der Waals surface area contributed by atoms with Crippen LogP contribution in [0.5, 0.6) is 0 Å². The number of carbonyl (C=O) groups excluding carboxylic acids is 2. The molecule has 0 aliphatic heterocycles. The van der Waals surface area contributed by atoms with Gasteiger partial charge in [0.15, 0.2) is 6.61 Å². The first-order valence-electron chi connectivity index (χ1n) is 7.08. The predicted octanol–water partition coefficient (Wildman–Crippen LogP) is 3.17. The quantitative estimate of drug-likeness (QED) is 0.778. The van der Waals surface area contributed by atoms with Crippen molar-refractivity contribution in [2.75, 3.05) is 11.9 Å². The second kappa shape index (κ2) is 7.92. The van der Waals surface area contributed by atoms with Crippen molar-refractivity contribution in [1.29, 1.82) is 0 Å². The highest BCUT2D eigenvalue weighted by Gasteiger charge is 2.13. The molecule has 2 rings (SSSR count). The van der Waals surface area contributed by atoms with Crippen molar-refractivity contribution in [1.82, 2.24) is 5.16 Å². The Morgan fingerprint density at radius 2 is 2.13 bits per heavy atom. The van der Waals surface area contributed by atoms with Crippen molar-refractivity contribution in [3.05, 3.63) is 45.8 Å². The number of nitrogens with zero attached hydrogens (tertiary/aromatic N) is 1. The van der Waals surface area contributed by atoms with Crippen molar-refractivity contribution in [2.24, 2.45) is 0 Å². The molecule has 1 aromatic carbocycles. The number of benzene rings is 1. The summed E-state index contributed by atoms with van der Waals surface area (Å²) in [7, 11) is 0. The zero-order valence-corrected chi connectivity index (χ0v) is 14.5. The Balaban J connectivity index is 1.75. The highest BCUT2D eigenvalue weighted by molar-refractivity contribution is 9.10. The number of halogens is 1. The van der Waals surface area contributed by atoms with Crippen molar-refractivity contribution < 1.29 is 18.8 Å². The fraction of sp³-hybridized carbons (Fsp3) is 0.312. The van der Waals surface area contributed by atoms with Crippen LogP contribution in [0.1, 0.15) is 23.4 Å². The normalized spacial score (nSPS) is 10.4. The first-order valence-corrected chi connectivity index (χ1v) is 7.88. The molecule has 1 amide bonds. The summed E-state index contributed by atoms with van der Waals surface area (Å²) in [6.07, 6.45) is 0.653. The number of rotatable bonds is 6. The molecule has 0 radical (unpaired) electrons. The van der Waals surface area contributed by atoms with E-state index in [0.717, 1.165) is 15.7 Å². The van der Waals surface area contributed by atoms with Gasteiger partial charge in [0.2, 0.25) is 0 Å². The fourth-order valence-electron chi connectivity index (χ4n) is 2.07. The molecule has 0 unspecified atom stereocenters. The summed E-state index contributed by atoms with van der Waals surface area (Å²) in [5.74, 6) is -0.120. The summed E-state index contributed by atoms with van der Waals surface area (Å²) in [5.41, 5.74) is 2.30. The average Bonchev–Trinajstić information content (AvgIpc) is 2.82. The van der Waals surface area contributed by atoms with E-state index in [0.29, 0.717) is 17.9 Å². The Kier molecular flexibility index (Phi) is 5.92. The van der Waals surface area contributed by atoms with E-state index in [4.69, 9.17) is 9.26 Å². The lowest BCUT2D eigenvalue weighted by Gasteiger charge is -2.07. The van der Waals surface area contributed by atoms with Gasteiger partial charge >= 0.3 is 5.97 Å². The topological polar surface area (TPSA) is 81.4 Å². The number of carbonyl (C=O) groups is 2. The van der Waals surface area contributed by atoms with Crippen molar-refractivity contribution >= 4 is 33.5 Å². The van der Waals surface area contributed by atoms with Crippen LogP contribution in [-0.4, -0.2) is 23.6 Å². The number of aryl methyl sites for hydroxylation is 2. The molecule has 1 N–H and O–H groups in total. The minimum Gasteiger partial charge on any atom is -0.456 e. The van der Waals surface area contributed by atoms with Crippen molar-refractivity contribution in [3.8, 4) is 0 Å². The van der Waals surface area contributed by atoms with Gasteiger partial charge in [0.1, 0.15) is 5.76 Å². The lowest BCUT2D eigenvalue weighted by atomic mass is 10.1. The van der Waals surface area contributed by atoms with E-state index in [1.54, 1.807) is 25.1 Å². The molecule has 1 aromatic heterocycles. The smallest absolute Gasteiger partial charge is 0.306 e. The molecule has 0 saturated heterocycles. The van der Waals surface area contributed by atoms with Crippen LogP contribution in [0.25, 0.3) is 0 Å². The van der Waals surface area contributed by atoms with Gasteiger partial charge in [-0.25, -0.2) is 0 Å². The highest BCUT2D eigenvalue weighted by Crippen LogP contribution is 2.16. The second-order valence-corrected chi connectivity index (χ2v) is 5.94. The summed E-state index contributed by atoms with van der Waals surface area (Å²) < 4.78 is 10.9. The average molecular weight is 381 g/mol. The Morgan fingerprint density at radius 1 is 1.35 bits per heavy atom. The van der Waals surface area contributed by atoms with E-state index in [-0.39, 0.29) is 18.9 Å². The van der Waals surface area contributed by atoms with Gasteiger partial charge in [0.25, 0.3) is 5.91 Å². The van der Waals surface area contributed by atoms with Gasteiger partial charge in [-0.2, -0.15) is 0 Å². The number of anilines is 1. The van der Waals surface area contributed by atoms with E-state index < -0.39 is 5.97 Å². The summed E-state index contributed by atoms with van der Waals surface area (Å²) >= 11 is 3.32. The zero-order chi connectivity index (χ0) is 16.8. The van der Waals surface area contributed by atoms with E-state index in [1.807, 2.05) is 13.0 Å². The van der Waals surface area contributed by atoms with Crippen LogP contribution < -0.4 is 5.32 Å². The number of ether oxygens (including phenoxy) is 1. The third kappa shape index (κ3) is 5.21. The Morgan fingerprint density at radius 3 is 2.78 bits per heavy atom. The highest BCUT2D eigenvalue weighted by atomic mass is 79.9. The van der Waals surface area contributed by atoms with Crippen LogP contribution >= 0.6 is 15.9 Å². The fourth-order valence-corrected chi connectivity index (χ4v) is 2.47. The number of esters is 1. The number of hydrogen-bond acceptors (Lipinski definition) is 5. The van der Waals surface area contributed by atoms with E-state index in [9.17, 15) is 9.59 Å². The second-order valence-electron chi connectivity index (χ2n) is 5.02. The van der Waals surface area contributed by atoms with E-state index in [1.165, 1.54) is 0 Å². The minimum absolute atomic E-state index is 0.174. The maximum Gasteiger partial charge on any atom is 0.306 e. The molecule has 0 atom stereocenters. The Labute approximate surface area is 142 Å². The van der Waals surface area contributed by atoms with Gasteiger partial charge in [0.05, 0.1) is 5.69 Å². The molecular formula is C16H17BrN2O4. The van der Waals surface area contributed by atoms with Crippen molar-refractivity contribution in [2.45, 2.75) is 26.7 Å². The summed E-state index contributed by atoms with van der Waals surface area (Å²) in [5, 5.41) is 6.48. The molecule has 0 bridgehead atoms. The van der Waals surface area contributed by atoms with Gasteiger partial charge in [-0.1, -0.05) is 27.2 Å². The lowest BCUT2D eigenvalue weighted by Crippen LogP contribution is -2.21. The van der Waals surface area contributed by atoms with Crippen LogP contribution in [0, 0.1) is 13.8 Å². The molecule has 0 aliphatic rings. The first kappa shape index (κ1) is 17.2. The van der Waals surface area contributed by atoms with Crippen LogP contribution in [0.2, 0.25) is 0 Å². The third-order valence-electron chi connectivity index (χ3n) is 3.23. The molecular weight excluding hydrogens is 364 g/mol. The van der Waals surface area contributed by atoms with E-state index >= 15 is 0 Å². The number of hydrogen-bond donors (Lipinski definition) is 1. The number of amides is 1. The number of aromatic nitrogens is 1. The Bertz CT molecular complexity index is 692. The third-order valence-corrected chi connectivity index (χ3v) is 3.73.